The van der Waals surface area contributed by atoms with E-state index in [0.717, 1.165) is 31.6 Å². The molecule has 1 atom stereocenters. The molecular weight excluding hydrogens is 186 g/mol. The van der Waals surface area contributed by atoms with Crippen LogP contribution in [0.3, 0.4) is 0 Å². The van der Waals surface area contributed by atoms with Crippen molar-refractivity contribution in [3.63, 3.8) is 0 Å². The Morgan fingerprint density at radius 2 is 2.20 bits per heavy atom. The zero-order valence-electron chi connectivity index (χ0n) is 10.2. The molecule has 0 radical (unpaired) electrons. The van der Waals surface area contributed by atoms with E-state index in [1.54, 1.807) is 0 Å². The molecule has 0 bridgehead atoms. The molecule has 1 N–H and O–H groups in total. The van der Waals surface area contributed by atoms with E-state index in [-0.39, 0.29) is 0 Å². The summed E-state index contributed by atoms with van der Waals surface area (Å²) in [6.45, 7) is 8.86. The SMILES string of the molecule is CC(C)CNCC1(C2CC2)CCCOC1. The highest BCUT2D eigenvalue weighted by Crippen LogP contribution is 2.49. The van der Waals surface area contributed by atoms with Crippen LogP contribution in [0, 0.1) is 17.3 Å². The fourth-order valence-corrected chi connectivity index (χ4v) is 2.79. The molecule has 2 aliphatic rings. The lowest BCUT2D eigenvalue weighted by atomic mass is 9.77. The van der Waals surface area contributed by atoms with Gasteiger partial charge >= 0.3 is 0 Å². The molecule has 0 aromatic heterocycles. The molecule has 1 saturated heterocycles. The Kier molecular flexibility index (Phi) is 3.68. The van der Waals surface area contributed by atoms with E-state index in [9.17, 15) is 0 Å². The molecule has 0 aromatic rings. The fourth-order valence-electron chi connectivity index (χ4n) is 2.79. The van der Waals surface area contributed by atoms with E-state index in [2.05, 4.69) is 19.2 Å². The molecule has 0 spiro atoms. The fraction of sp³-hybridized carbons (Fsp3) is 1.00. The summed E-state index contributed by atoms with van der Waals surface area (Å²) in [4.78, 5) is 0. The zero-order valence-corrected chi connectivity index (χ0v) is 10.2. The average Bonchev–Trinajstić information content (AvgIpc) is 3.02. The van der Waals surface area contributed by atoms with Crippen LogP contribution in [0.4, 0.5) is 0 Å². The van der Waals surface area contributed by atoms with Crippen molar-refractivity contribution in [2.45, 2.75) is 39.5 Å². The zero-order chi connectivity index (χ0) is 10.7. The van der Waals surface area contributed by atoms with Crippen LogP contribution >= 0.6 is 0 Å². The summed E-state index contributed by atoms with van der Waals surface area (Å²) in [6.07, 6.45) is 5.52. The van der Waals surface area contributed by atoms with Gasteiger partial charge in [0.1, 0.15) is 0 Å². The maximum absolute atomic E-state index is 5.70. The minimum Gasteiger partial charge on any atom is -0.381 e. The minimum atomic E-state index is 0.493. The molecule has 2 nitrogen and oxygen atoms in total. The molecule has 2 heteroatoms. The predicted molar refractivity (Wildman–Crippen MR) is 62.9 cm³/mol. The number of hydrogen-bond donors (Lipinski definition) is 1. The van der Waals surface area contributed by atoms with E-state index < -0.39 is 0 Å². The Morgan fingerprint density at radius 1 is 1.40 bits per heavy atom. The second-order valence-electron chi connectivity index (χ2n) is 5.82. The summed E-state index contributed by atoms with van der Waals surface area (Å²) >= 11 is 0. The average molecular weight is 211 g/mol. The van der Waals surface area contributed by atoms with Crippen LogP contribution in [0.1, 0.15) is 39.5 Å². The summed E-state index contributed by atoms with van der Waals surface area (Å²) < 4.78 is 5.70. The van der Waals surface area contributed by atoms with Crippen LogP contribution in [0.25, 0.3) is 0 Å². The monoisotopic (exact) mass is 211 g/mol. The first kappa shape index (κ1) is 11.4. The Labute approximate surface area is 93.8 Å². The van der Waals surface area contributed by atoms with Crippen molar-refractivity contribution in [2.24, 2.45) is 17.3 Å². The van der Waals surface area contributed by atoms with Crippen LogP contribution in [-0.4, -0.2) is 26.3 Å². The van der Waals surface area contributed by atoms with Gasteiger partial charge < -0.3 is 10.1 Å². The lowest BCUT2D eigenvalue weighted by Gasteiger charge is -2.38. The Hall–Kier alpha value is -0.0800. The topological polar surface area (TPSA) is 21.3 Å². The van der Waals surface area contributed by atoms with E-state index in [1.807, 2.05) is 0 Å². The maximum Gasteiger partial charge on any atom is 0.0537 e. The van der Waals surface area contributed by atoms with Crippen molar-refractivity contribution in [1.29, 1.82) is 0 Å². The highest BCUT2D eigenvalue weighted by molar-refractivity contribution is 4.96. The van der Waals surface area contributed by atoms with Crippen LogP contribution in [0.5, 0.6) is 0 Å². The van der Waals surface area contributed by atoms with E-state index in [1.165, 1.54) is 32.2 Å². The first-order valence-corrected chi connectivity index (χ1v) is 6.51. The molecule has 2 fully saturated rings. The summed E-state index contributed by atoms with van der Waals surface area (Å²) in [5.41, 5.74) is 0.493. The van der Waals surface area contributed by atoms with Crippen LogP contribution in [0.15, 0.2) is 0 Å². The van der Waals surface area contributed by atoms with Crippen molar-refractivity contribution >= 4 is 0 Å². The third-order valence-corrected chi connectivity index (χ3v) is 3.83. The van der Waals surface area contributed by atoms with Gasteiger partial charge in [0.15, 0.2) is 0 Å². The van der Waals surface area contributed by atoms with Crippen molar-refractivity contribution in [1.82, 2.24) is 5.32 Å². The van der Waals surface area contributed by atoms with Crippen LogP contribution < -0.4 is 5.32 Å². The molecule has 0 aromatic carbocycles. The largest absolute Gasteiger partial charge is 0.381 e. The van der Waals surface area contributed by atoms with Gasteiger partial charge in [-0.2, -0.15) is 0 Å². The van der Waals surface area contributed by atoms with E-state index >= 15 is 0 Å². The van der Waals surface area contributed by atoms with Gasteiger partial charge in [0, 0.05) is 18.6 Å². The van der Waals surface area contributed by atoms with Crippen molar-refractivity contribution in [3.05, 3.63) is 0 Å². The van der Waals surface area contributed by atoms with E-state index in [0.29, 0.717) is 5.41 Å². The van der Waals surface area contributed by atoms with Gasteiger partial charge in [-0.05, 0) is 44.1 Å². The lowest BCUT2D eigenvalue weighted by Crippen LogP contribution is -2.43. The number of ether oxygens (including phenoxy) is 1. The Bertz CT molecular complexity index is 193. The Balaban J connectivity index is 1.82. The summed E-state index contributed by atoms with van der Waals surface area (Å²) in [6, 6.07) is 0. The third-order valence-electron chi connectivity index (χ3n) is 3.83. The van der Waals surface area contributed by atoms with Crippen LogP contribution in [-0.2, 0) is 4.74 Å². The second kappa shape index (κ2) is 4.84. The third kappa shape index (κ3) is 2.94. The first-order chi connectivity index (χ1) is 7.23. The van der Waals surface area contributed by atoms with Crippen molar-refractivity contribution < 1.29 is 4.74 Å². The molecule has 88 valence electrons. The predicted octanol–water partition coefficient (Wildman–Crippen LogP) is 2.44. The van der Waals surface area contributed by atoms with Crippen LogP contribution in [0.2, 0.25) is 0 Å². The Morgan fingerprint density at radius 3 is 2.73 bits per heavy atom. The highest BCUT2D eigenvalue weighted by atomic mass is 16.5. The molecule has 1 aliphatic heterocycles. The maximum atomic E-state index is 5.70. The molecule has 1 heterocycles. The molecule has 2 rings (SSSR count). The number of rotatable bonds is 5. The summed E-state index contributed by atoms with van der Waals surface area (Å²) in [5.74, 6) is 1.71. The van der Waals surface area contributed by atoms with Gasteiger partial charge in [0.05, 0.1) is 6.61 Å². The van der Waals surface area contributed by atoms with Crippen molar-refractivity contribution in [2.75, 3.05) is 26.3 Å². The minimum absolute atomic E-state index is 0.493. The molecule has 1 aliphatic carbocycles. The van der Waals surface area contributed by atoms with Gasteiger partial charge in [0.25, 0.3) is 0 Å². The number of hydrogen-bond acceptors (Lipinski definition) is 2. The van der Waals surface area contributed by atoms with Crippen molar-refractivity contribution in [3.8, 4) is 0 Å². The normalized spacial score (nSPS) is 32.2. The first-order valence-electron chi connectivity index (χ1n) is 6.51. The van der Waals surface area contributed by atoms with Gasteiger partial charge in [-0.15, -0.1) is 0 Å². The lowest BCUT2D eigenvalue weighted by molar-refractivity contribution is -0.0203. The molecule has 0 amide bonds. The summed E-state index contributed by atoms with van der Waals surface area (Å²) in [7, 11) is 0. The number of nitrogens with one attached hydrogen (secondary N) is 1. The smallest absolute Gasteiger partial charge is 0.0537 e. The molecular formula is C13H25NO. The van der Waals surface area contributed by atoms with Gasteiger partial charge in [0.2, 0.25) is 0 Å². The van der Waals surface area contributed by atoms with E-state index in [4.69, 9.17) is 4.74 Å². The quantitative estimate of drug-likeness (QED) is 0.754. The summed E-state index contributed by atoms with van der Waals surface area (Å²) in [5, 5.41) is 3.64. The molecule has 1 saturated carbocycles. The van der Waals surface area contributed by atoms with Gasteiger partial charge in [-0.25, -0.2) is 0 Å². The molecule has 15 heavy (non-hydrogen) atoms. The standard InChI is InChI=1S/C13H25NO/c1-11(2)8-14-9-13(12-4-5-12)6-3-7-15-10-13/h11-12,14H,3-10H2,1-2H3. The highest BCUT2D eigenvalue weighted by Gasteiger charge is 2.45. The molecule has 1 unspecified atom stereocenters. The van der Waals surface area contributed by atoms with Gasteiger partial charge in [-0.3, -0.25) is 0 Å². The second-order valence-corrected chi connectivity index (χ2v) is 5.82. The van der Waals surface area contributed by atoms with Gasteiger partial charge in [-0.1, -0.05) is 13.8 Å².